The summed E-state index contributed by atoms with van der Waals surface area (Å²) in [7, 11) is 0. The van der Waals surface area contributed by atoms with Crippen molar-refractivity contribution in [1.82, 2.24) is 5.32 Å². The lowest BCUT2D eigenvalue weighted by Crippen LogP contribution is -2.43. The minimum atomic E-state index is 0.254. The molecule has 0 aliphatic heterocycles. The zero-order chi connectivity index (χ0) is 13.8. The summed E-state index contributed by atoms with van der Waals surface area (Å²) in [6.07, 6.45) is 14.5. The number of hydrogen-bond acceptors (Lipinski definition) is 2. The molecule has 1 aliphatic rings. The summed E-state index contributed by atoms with van der Waals surface area (Å²) in [5.74, 6) is 0. The van der Waals surface area contributed by atoms with E-state index >= 15 is 0 Å². The fourth-order valence-corrected chi connectivity index (χ4v) is 2.83. The zero-order valence-corrected chi connectivity index (χ0v) is 13.3. The number of hydrogen-bond donors (Lipinski definition) is 1. The predicted octanol–water partition coefficient (Wildman–Crippen LogP) is 4.68. The van der Waals surface area contributed by atoms with E-state index in [4.69, 9.17) is 4.74 Å². The highest BCUT2D eigenvalue weighted by atomic mass is 16.5. The summed E-state index contributed by atoms with van der Waals surface area (Å²) in [4.78, 5) is 0. The maximum Gasteiger partial charge on any atom is 0.0694 e. The van der Waals surface area contributed by atoms with Crippen molar-refractivity contribution in [3.8, 4) is 0 Å². The Morgan fingerprint density at radius 1 is 0.895 bits per heavy atom. The lowest BCUT2D eigenvalue weighted by atomic mass is 9.77. The molecule has 0 aromatic rings. The number of rotatable bonds is 13. The van der Waals surface area contributed by atoms with Crippen molar-refractivity contribution in [3.63, 3.8) is 0 Å². The van der Waals surface area contributed by atoms with Crippen LogP contribution in [0.4, 0.5) is 0 Å². The topological polar surface area (TPSA) is 21.3 Å². The van der Waals surface area contributed by atoms with Crippen molar-refractivity contribution >= 4 is 0 Å². The molecular formula is C17H35NO. The Labute approximate surface area is 120 Å². The minimum absolute atomic E-state index is 0.254. The second-order valence-corrected chi connectivity index (χ2v) is 6.15. The van der Waals surface area contributed by atoms with Gasteiger partial charge in [-0.2, -0.15) is 0 Å². The summed E-state index contributed by atoms with van der Waals surface area (Å²) < 4.78 is 6.21. The summed E-state index contributed by atoms with van der Waals surface area (Å²) >= 11 is 0. The van der Waals surface area contributed by atoms with Gasteiger partial charge in [0.25, 0.3) is 0 Å². The van der Waals surface area contributed by atoms with Crippen LogP contribution < -0.4 is 5.32 Å². The molecule has 1 saturated carbocycles. The molecule has 0 heterocycles. The maximum absolute atomic E-state index is 6.21. The van der Waals surface area contributed by atoms with Crippen LogP contribution in [0.2, 0.25) is 0 Å². The molecule has 0 bridgehead atoms. The first-order chi connectivity index (χ1) is 9.33. The van der Waals surface area contributed by atoms with Gasteiger partial charge in [0.15, 0.2) is 0 Å². The molecule has 1 N–H and O–H groups in total. The van der Waals surface area contributed by atoms with Crippen molar-refractivity contribution in [3.05, 3.63) is 0 Å². The van der Waals surface area contributed by atoms with Gasteiger partial charge in [0.1, 0.15) is 0 Å². The van der Waals surface area contributed by atoms with Gasteiger partial charge in [0.2, 0.25) is 0 Å². The second-order valence-electron chi connectivity index (χ2n) is 6.15. The van der Waals surface area contributed by atoms with Crippen LogP contribution in [0, 0.1) is 0 Å². The lowest BCUT2D eigenvalue weighted by Gasteiger charge is -2.42. The Hall–Kier alpha value is -0.0800. The van der Waals surface area contributed by atoms with Gasteiger partial charge in [0.05, 0.1) is 5.60 Å². The third-order valence-electron chi connectivity index (χ3n) is 4.36. The highest BCUT2D eigenvalue weighted by molar-refractivity contribution is 4.90. The summed E-state index contributed by atoms with van der Waals surface area (Å²) in [5.41, 5.74) is 0.254. The van der Waals surface area contributed by atoms with E-state index in [0.717, 1.165) is 19.7 Å². The van der Waals surface area contributed by atoms with Crippen LogP contribution in [0.25, 0.3) is 0 Å². The van der Waals surface area contributed by atoms with E-state index in [2.05, 4.69) is 19.2 Å². The van der Waals surface area contributed by atoms with Gasteiger partial charge in [-0.05, 0) is 51.6 Å². The Kier molecular flexibility index (Phi) is 9.54. The summed E-state index contributed by atoms with van der Waals surface area (Å²) in [6, 6.07) is 0. The van der Waals surface area contributed by atoms with Crippen molar-refractivity contribution in [2.24, 2.45) is 0 Å². The summed E-state index contributed by atoms with van der Waals surface area (Å²) in [5, 5.41) is 3.50. The fourth-order valence-electron chi connectivity index (χ4n) is 2.83. The number of nitrogens with one attached hydrogen (secondary N) is 1. The highest BCUT2D eigenvalue weighted by Gasteiger charge is 2.37. The molecule has 0 unspecified atom stereocenters. The van der Waals surface area contributed by atoms with E-state index in [-0.39, 0.29) is 5.60 Å². The average Bonchev–Trinajstić information content (AvgIpc) is 2.38. The third-order valence-corrected chi connectivity index (χ3v) is 4.36. The largest absolute Gasteiger partial charge is 0.375 e. The van der Waals surface area contributed by atoms with Crippen molar-refractivity contribution in [2.75, 3.05) is 19.7 Å². The first kappa shape index (κ1) is 17.0. The molecule has 0 saturated heterocycles. The predicted molar refractivity (Wildman–Crippen MR) is 83.7 cm³/mol. The molecular weight excluding hydrogens is 234 g/mol. The molecule has 0 spiro atoms. The van der Waals surface area contributed by atoms with Crippen molar-refractivity contribution in [2.45, 2.75) is 90.1 Å². The summed E-state index contributed by atoms with van der Waals surface area (Å²) in [6.45, 7) is 7.76. The van der Waals surface area contributed by atoms with Gasteiger partial charge in [-0.25, -0.2) is 0 Å². The number of unbranched alkanes of at least 4 members (excludes halogenated alkanes) is 5. The van der Waals surface area contributed by atoms with Crippen LogP contribution in [-0.4, -0.2) is 25.3 Å². The van der Waals surface area contributed by atoms with Gasteiger partial charge in [0, 0.05) is 6.61 Å². The smallest absolute Gasteiger partial charge is 0.0694 e. The van der Waals surface area contributed by atoms with Crippen LogP contribution in [0.5, 0.6) is 0 Å². The quantitative estimate of drug-likeness (QED) is 0.490. The van der Waals surface area contributed by atoms with Crippen LogP contribution in [0.3, 0.4) is 0 Å². The first-order valence-corrected chi connectivity index (χ1v) is 8.67. The molecule has 0 aromatic heterocycles. The molecule has 2 nitrogen and oxygen atoms in total. The van der Waals surface area contributed by atoms with Gasteiger partial charge >= 0.3 is 0 Å². The van der Waals surface area contributed by atoms with Gasteiger partial charge in [-0.3, -0.25) is 0 Å². The molecule has 19 heavy (non-hydrogen) atoms. The Morgan fingerprint density at radius 2 is 1.63 bits per heavy atom. The van der Waals surface area contributed by atoms with Gasteiger partial charge in [-0.15, -0.1) is 0 Å². The molecule has 0 atom stereocenters. The van der Waals surface area contributed by atoms with Gasteiger partial charge < -0.3 is 10.1 Å². The zero-order valence-electron chi connectivity index (χ0n) is 13.3. The van der Waals surface area contributed by atoms with Crippen LogP contribution >= 0.6 is 0 Å². The number of ether oxygens (including phenoxy) is 1. The molecule has 0 aromatic carbocycles. The monoisotopic (exact) mass is 269 g/mol. The first-order valence-electron chi connectivity index (χ1n) is 8.67. The van der Waals surface area contributed by atoms with E-state index in [1.807, 2.05) is 0 Å². The van der Waals surface area contributed by atoms with E-state index in [1.165, 1.54) is 70.6 Å². The second kappa shape index (κ2) is 10.7. The van der Waals surface area contributed by atoms with E-state index in [9.17, 15) is 0 Å². The van der Waals surface area contributed by atoms with Crippen LogP contribution in [0.15, 0.2) is 0 Å². The third kappa shape index (κ3) is 7.31. The Morgan fingerprint density at radius 3 is 2.26 bits per heavy atom. The normalized spacial score (nSPS) is 17.4. The molecule has 114 valence electrons. The minimum Gasteiger partial charge on any atom is -0.375 e. The van der Waals surface area contributed by atoms with Crippen LogP contribution in [0.1, 0.15) is 84.5 Å². The molecule has 0 radical (unpaired) electrons. The standard InChI is InChI=1S/C17H35NO/c1-3-5-6-7-8-9-16-19-17(11-10-12-17)13-15-18-14-4-2/h18H,3-16H2,1-2H3. The van der Waals surface area contributed by atoms with Crippen molar-refractivity contribution in [1.29, 1.82) is 0 Å². The van der Waals surface area contributed by atoms with E-state index in [0.29, 0.717) is 0 Å². The van der Waals surface area contributed by atoms with Crippen LogP contribution in [-0.2, 0) is 4.74 Å². The Bertz CT molecular complexity index is 201. The van der Waals surface area contributed by atoms with E-state index in [1.54, 1.807) is 0 Å². The van der Waals surface area contributed by atoms with Crippen molar-refractivity contribution < 1.29 is 4.74 Å². The molecule has 1 fully saturated rings. The highest BCUT2D eigenvalue weighted by Crippen LogP contribution is 2.38. The average molecular weight is 269 g/mol. The fraction of sp³-hybridized carbons (Fsp3) is 1.00. The molecule has 0 amide bonds. The SMILES string of the molecule is CCCCCCCCOC1(CCNCCC)CCC1. The Balaban J connectivity index is 1.98. The molecule has 2 heteroatoms. The molecule has 1 rings (SSSR count). The molecule has 1 aliphatic carbocycles. The lowest BCUT2D eigenvalue weighted by molar-refractivity contribution is -0.105. The van der Waals surface area contributed by atoms with Gasteiger partial charge in [-0.1, -0.05) is 46.0 Å². The maximum atomic E-state index is 6.21. The van der Waals surface area contributed by atoms with E-state index < -0.39 is 0 Å².